The second kappa shape index (κ2) is 4.10. The Morgan fingerprint density at radius 3 is 2.33 bits per heavy atom. The summed E-state index contributed by atoms with van der Waals surface area (Å²) in [5.74, 6) is -0.471. The lowest BCUT2D eigenvalue weighted by Crippen LogP contribution is -2.48. The molecule has 18 heavy (non-hydrogen) atoms. The summed E-state index contributed by atoms with van der Waals surface area (Å²) in [7, 11) is 0. The number of imide groups is 1. The number of nitrogens with zero attached hydrogens (tertiary/aromatic N) is 2. The van der Waals surface area contributed by atoms with Crippen molar-refractivity contribution in [3.8, 4) is 0 Å². The second-order valence-corrected chi connectivity index (χ2v) is 4.74. The highest BCUT2D eigenvalue weighted by atomic mass is 16.2. The molecule has 94 valence electrons. The van der Waals surface area contributed by atoms with E-state index in [1.54, 1.807) is 18.2 Å². The third-order valence-corrected chi connectivity index (χ3v) is 3.50. The van der Waals surface area contributed by atoms with Gasteiger partial charge in [-0.1, -0.05) is 6.42 Å². The maximum atomic E-state index is 12.3. The van der Waals surface area contributed by atoms with E-state index < -0.39 is 0 Å². The van der Waals surface area contributed by atoms with Gasteiger partial charge in [-0.25, -0.2) is 10.0 Å². The van der Waals surface area contributed by atoms with Gasteiger partial charge in [-0.15, -0.1) is 0 Å². The number of carbonyl (C=O) groups excluding carboxylic acids is 2. The highest BCUT2D eigenvalue weighted by Gasteiger charge is 2.39. The van der Waals surface area contributed by atoms with Crippen molar-refractivity contribution in [3.63, 3.8) is 0 Å². The van der Waals surface area contributed by atoms with E-state index in [0.717, 1.165) is 32.4 Å². The van der Waals surface area contributed by atoms with Gasteiger partial charge < -0.3 is 5.73 Å². The zero-order chi connectivity index (χ0) is 12.7. The van der Waals surface area contributed by atoms with Crippen molar-refractivity contribution in [2.75, 3.05) is 18.8 Å². The number of carbonyl (C=O) groups is 2. The molecule has 0 saturated carbocycles. The minimum atomic E-state index is -0.246. The second-order valence-electron chi connectivity index (χ2n) is 4.74. The molecule has 1 aromatic rings. The van der Waals surface area contributed by atoms with Gasteiger partial charge in [-0.2, -0.15) is 0 Å². The lowest BCUT2D eigenvalue weighted by Gasteiger charge is -2.32. The number of benzene rings is 1. The number of fused-ring (bicyclic) bond motifs is 1. The van der Waals surface area contributed by atoms with Crippen LogP contribution in [0.5, 0.6) is 0 Å². The van der Waals surface area contributed by atoms with Crippen LogP contribution in [0.2, 0.25) is 0 Å². The maximum absolute atomic E-state index is 12.3. The summed E-state index contributed by atoms with van der Waals surface area (Å²) >= 11 is 0. The predicted molar refractivity (Wildman–Crippen MR) is 66.8 cm³/mol. The van der Waals surface area contributed by atoms with Crippen LogP contribution in [0.1, 0.15) is 40.0 Å². The topological polar surface area (TPSA) is 66.6 Å². The summed E-state index contributed by atoms with van der Waals surface area (Å²) in [6.45, 7) is 1.53. The molecule has 0 aliphatic carbocycles. The highest BCUT2D eigenvalue weighted by molar-refractivity contribution is 6.21. The van der Waals surface area contributed by atoms with Crippen LogP contribution in [0.3, 0.4) is 0 Å². The molecule has 0 spiro atoms. The van der Waals surface area contributed by atoms with Crippen LogP contribution < -0.4 is 5.73 Å². The first kappa shape index (κ1) is 11.2. The lowest BCUT2D eigenvalue weighted by atomic mass is 10.1. The number of hydrogen-bond donors (Lipinski definition) is 1. The summed E-state index contributed by atoms with van der Waals surface area (Å²) in [4.78, 5) is 24.5. The van der Waals surface area contributed by atoms with Crippen molar-refractivity contribution >= 4 is 17.5 Å². The standard InChI is InChI=1S/C13H15N3O2/c14-9-4-5-10-11(8-9)13(18)16(12(10)17)15-6-2-1-3-7-15/h4-5,8H,1-3,6-7,14H2. The zero-order valence-electron chi connectivity index (χ0n) is 10.1. The number of amides is 2. The van der Waals surface area contributed by atoms with E-state index in [2.05, 4.69) is 0 Å². The van der Waals surface area contributed by atoms with E-state index >= 15 is 0 Å². The largest absolute Gasteiger partial charge is 0.399 e. The molecule has 0 bridgehead atoms. The molecule has 2 aliphatic rings. The molecule has 5 nitrogen and oxygen atoms in total. The van der Waals surface area contributed by atoms with Gasteiger partial charge in [0.2, 0.25) is 0 Å². The molecular formula is C13H15N3O2. The van der Waals surface area contributed by atoms with E-state index in [1.807, 2.05) is 5.01 Å². The van der Waals surface area contributed by atoms with Crippen LogP contribution in [0, 0.1) is 0 Å². The van der Waals surface area contributed by atoms with Crippen LogP contribution >= 0.6 is 0 Å². The van der Waals surface area contributed by atoms with Gasteiger partial charge in [0.05, 0.1) is 11.1 Å². The van der Waals surface area contributed by atoms with Crippen LogP contribution in [0.25, 0.3) is 0 Å². The predicted octanol–water partition coefficient (Wildman–Crippen LogP) is 1.27. The Hall–Kier alpha value is -1.88. The Kier molecular flexibility index (Phi) is 2.56. The first-order valence-electron chi connectivity index (χ1n) is 6.21. The van der Waals surface area contributed by atoms with E-state index in [-0.39, 0.29) is 11.8 Å². The van der Waals surface area contributed by atoms with E-state index in [9.17, 15) is 9.59 Å². The minimum absolute atomic E-state index is 0.225. The zero-order valence-corrected chi connectivity index (χ0v) is 10.1. The van der Waals surface area contributed by atoms with Crippen molar-refractivity contribution in [2.24, 2.45) is 0 Å². The van der Waals surface area contributed by atoms with Gasteiger partial charge in [-0.3, -0.25) is 9.59 Å². The summed E-state index contributed by atoms with van der Waals surface area (Å²) in [6, 6.07) is 4.87. The molecule has 0 atom stereocenters. The minimum Gasteiger partial charge on any atom is -0.399 e. The maximum Gasteiger partial charge on any atom is 0.276 e. The average molecular weight is 245 g/mol. The Labute approximate surface area is 105 Å². The van der Waals surface area contributed by atoms with Crippen LogP contribution in [0.4, 0.5) is 5.69 Å². The molecule has 1 aromatic carbocycles. The van der Waals surface area contributed by atoms with Crippen LogP contribution in [-0.2, 0) is 0 Å². The van der Waals surface area contributed by atoms with Crippen LogP contribution in [0.15, 0.2) is 18.2 Å². The number of piperidine rings is 1. The summed E-state index contributed by atoms with van der Waals surface area (Å²) in [6.07, 6.45) is 3.21. The van der Waals surface area contributed by atoms with Gasteiger partial charge >= 0.3 is 0 Å². The first-order valence-corrected chi connectivity index (χ1v) is 6.21. The lowest BCUT2D eigenvalue weighted by molar-refractivity contribution is -0.00682. The molecule has 1 saturated heterocycles. The molecule has 0 aromatic heterocycles. The van der Waals surface area contributed by atoms with Gasteiger partial charge in [0.25, 0.3) is 11.8 Å². The molecule has 2 N–H and O–H groups in total. The van der Waals surface area contributed by atoms with E-state index in [1.165, 1.54) is 5.01 Å². The smallest absolute Gasteiger partial charge is 0.276 e. The molecule has 2 heterocycles. The Balaban J connectivity index is 1.96. The molecule has 3 rings (SSSR count). The Morgan fingerprint density at radius 2 is 1.61 bits per heavy atom. The monoisotopic (exact) mass is 245 g/mol. The quantitative estimate of drug-likeness (QED) is 0.597. The van der Waals surface area contributed by atoms with E-state index in [4.69, 9.17) is 5.73 Å². The third-order valence-electron chi connectivity index (χ3n) is 3.50. The van der Waals surface area contributed by atoms with Crippen molar-refractivity contribution in [1.82, 2.24) is 10.0 Å². The summed E-state index contributed by atoms with van der Waals surface area (Å²) < 4.78 is 0. The number of anilines is 1. The molecule has 2 amide bonds. The number of hydrogen-bond acceptors (Lipinski definition) is 4. The summed E-state index contributed by atoms with van der Waals surface area (Å²) in [5.41, 5.74) is 7.06. The molecule has 0 radical (unpaired) electrons. The van der Waals surface area contributed by atoms with Gasteiger partial charge in [0, 0.05) is 18.8 Å². The van der Waals surface area contributed by atoms with Gasteiger partial charge in [-0.05, 0) is 31.0 Å². The normalized spacial score (nSPS) is 20.3. The first-order chi connectivity index (χ1) is 8.68. The fourth-order valence-corrected chi connectivity index (χ4v) is 2.58. The van der Waals surface area contributed by atoms with Gasteiger partial charge in [0.1, 0.15) is 0 Å². The molecule has 2 aliphatic heterocycles. The fourth-order valence-electron chi connectivity index (χ4n) is 2.58. The molecule has 5 heteroatoms. The van der Waals surface area contributed by atoms with Crippen molar-refractivity contribution in [3.05, 3.63) is 29.3 Å². The summed E-state index contributed by atoms with van der Waals surface area (Å²) in [5, 5.41) is 3.13. The Morgan fingerprint density at radius 1 is 0.944 bits per heavy atom. The molecule has 1 fully saturated rings. The number of nitrogens with two attached hydrogens (primary N) is 1. The third kappa shape index (κ3) is 1.59. The number of nitrogen functional groups attached to an aromatic ring is 1. The fraction of sp³-hybridized carbons (Fsp3) is 0.385. The van der Waals surface area contributed by atoms with Crippen molar-refractivity contribution < 1.29 is 9.59 Å². The van der Waals surface area contributed by atoms with Crippen LogP contribution in [-0.4, -0.2) is 34.9 Å². The number of hydrazine groups is 1. The van der Waals surface area contributed by atoms with Gasteiger partial charge in [0.15, 0.2) is 0 Å². The van der Waals surface area contributed by atoms with E-state index in [0.29, 0.717) is 16.8 Å². The average Bonchev–Trinajstić information content (AvgIpc) is 2.63. The molecule has 0 unspecified atom stereocenters. The van der Waals surface area contributed by atoms with Crippen molar-refractivity contribution in [2.45, 2.75) is 19.3 Å². The molecular weight excluding hydrogens is 230 g/mol. The SMILES string of the molecule is Nc1ccc2c(c1)C(=O)N(N1CCCCC1)C2=O. The highest BCUT2D eigenvalue weighted by Crippen LogP contribution is 2.27. The Bertz CT molecular complexity index is 521. The van der Waals surface area contributed by atoms with Crippen molar-refractivity contribution in [1.29, 1.82) is 0 Å². The number of rotatable bonds is 1.